The Morgan fingerprint density at radius 2 is 1.49 bits per heavy atom. The molecule has 5 atom stereocenters. The molecule has 0 radical (unpaired) electrons. The number of hydrogen-bond donors (Lipinski definition) is 2. The number of ether oxygens (including phenoxy) is 2. The zero-order valence-corrected chi connectivity index (χ0v) is 30.7. The van der Waals surface area contributed by atoms with Gasteiger partial charge in [0, 0.05) is 49.7 Å². The van der Waals surface area contributed by atoms with Crippen molar-refractivity contribution >= 4 is 52.6 Å². The largest absolute Gasteiger partial charge is 0.441 e. The lowest BCUT2D eigenvalue weighted by Gasteiger charge is -2.39. The molecule has 2 saturated heterocycles. The van der Waals surface area contributed by atoms with Crippen LogP contribution >= 0.6 is 0 Å². The smallest absolute Gasteiger partial charge is 0.304 e. The Hall–Kier alpha value is -5.86. The molecular weight excluding hydrogens is 708 g/mol. The highest BCUT2D eigenvalue weighted by molar-refractivity contribution is 6.09. The Labute approximate surface area is 317 Å². The molecule has 0 aromatic heterocycles. The third-order valence-electron chi connectivity index (χ3n) is 10.7. The summed E-state index contributed by atoms with van der Waals surface area (Å²) in [6, 6.07) is 19.1. The fraction of sp³-hybridized carbons (Fsp3) is 0.366. The summed E-state index contributed by atoms with van der Waals surface area (Å²) in [6.07, 6.45) is 2.20. The van der Waals surface area contributed by atoms with Gasteiger partial charge in [0.15, 0.2) is 18.1 Å². The lowest BCUT2D eigenvalue weighted by molar-refractivity contribution is -0.155. The Morgan fingerprint density at radius 3 is 2.11 bits per heavy atom. The fourth-order valence-electron chi connectivity index (χ4n) is 7.87. The van der Waals surface area contributed by atoms with Gasteiger partial charge >= 0.3 is 11.9 Å². The quantitative estimate of drug-likeness (QED) is 0.168. The van der Waals surface area contributed by atoms with Gasteiger partial charge in [0.05, 0.1) is 37.7 Å². The molecule has 4 aliphatic rings. The molecule has 7 rings (SSSR count). The molecule has 2 N–H and O–H groups in total. The summed E-state index contributed by atoms with van der Waals surface area (Å²) in [5.74, 6) is -3.33. The number of fused-ring (bicyclic) bond motifs is 2. The average Bonchev–Trinajstić information content (AvgIpc) is 3.35. The molecule has 14 nitrogen and oxygen atoms in total. The second kappa shape index (κ2) is 14.8. The molecular formula is C41H42N4O10. The number of benzene rings is 3. The molecule has 0 spiro atoms. The number of rotatable bonds is 11. The Morgan fingerprint density at radius 1 is 0.855 bits per heavy atom. The van der Waals surface area contributed by atoms with Crippen LogP contribution in [-0.2, 0) is 63.4 Å². The second-order valence-corrected chi connectivity index (χ2v) is 14.3. The molecule has 2 fully saturated rings. The third-order valence-corrected chi connectivity index (χ3v) is 10.7. The standard InChI is InChI=1S/C41H42N4O10/c1-24(8-6-13-35(49)42-22-29-11-5-4-10-28(29)17-32(42)23-46)41(53)33-18-31(45-37(51)20-39(45)55-26(3)48)14-15-34(33)43(40(41)52)21-27-9-7-12-30(16-27)44-36(50)19-38(44)54-25(2)47/h4-12,14-16,18,24,32,38-39,46,53H,13,17,19-23H2,1-3H3/b8-6+/t24-,32+,38?,39?,41+/m1/s1. The van der Waals surface area contributed by atoms with Crippen LogP contribution in [0.1, 0.15) is 62.3 Å². The number of anilines is 3. The summed E-state index contributed by atoms with van der Waals surface area (Å²) in [7, 11) is 0. The molecule has 3 aromatic carbocycles. The van der Waals surface area contributed by atoms with E-state index in [0.29, 0.717) is 35.6 Å². The van der Waals surface area contributed by atoms with Gasteiger partial charge in [0.25, 0.3) is 5.91 Å². The van der Waals surface area contributed by atoms with Crippen molar-refractivity contribution in [2.75, 3.05) is 21.3 Å². The molecule has 3 aromatic rings. The Kier molecular flexibility index (Phi) is 10.1. The van der Waals surface area contributed by atoms with Crippen LogP contribution in [0.3, 0.4) is 0 Å². The molecule has 4 heterocycles. The van der Waals surface area contributed by atoms with Gasteiger partial charge in [-0.15, -0.1) is 0 Å². The highest BCUT2D eigenvalue weighted by atomic mass is 16.6. The SMILES string of the molecule is CC(=O)OC1CC(=O)N1c1cccc(CN2C(=O)[C@](O)([C@H](C)/C=C/CC(=O)N3Cc4ccccc4C[C@H]3CO)c3cc(N4C(=O)CC4OC(C)=O)ccc32)c1. The summed E-state index contributed by atoms with van der Waals surface area (Å²) in [5, 5.41) is 22.6. The molecule has 0 aliphatic carbocycles. The van der Waals surface area contributed by atoms with E-state index < -0.39 is 41.8 Å². The molecule has 4 aliphatic heterocycles. The van der Waals surface area contributed by atoms with Gasteiger partial charge in [-0.3, -0.25) is 38.6 Å². The van der Waals surface area contributed by atoms with E-state index in [1.807, 2.05) is 24.3 Å². The Bertz CT molecular complexity index is 2120. The van der Waals surface area contributed by atoms with Gasteiger partial charge in [-0.05, 0) is 53.4 Å². The normalized spacial score (nSPS) is 23.6. The number of hydrogen-bond acceptors (Lipinski definition) is 10. The topological polar surface area (TPSA) is 174 Å². The van der Waals surface area contributed by atoms with Crippen LogP contribution in [0.25, 0.3) is 0 Å². The predicted molar refractivity (Wildman–Crippen MR) is 198 cm³/mol. The maximum Gasteiger partial charge on any atom is 0.304 e. The lowest BCUT2D eigenvalue weighted by Crippen LogP contribution is -2.55. The number of aliphatic hydroxyl groups excluding tert-OH is 1. The summed E-state index contributed by atoms with van der Waals surface area (Å²) < 4.78 is 10.6. The van der Waals surface area contributed by atoms with Crippen LogP contribution in [0.2, 0.25) is 0 Å². The van der Waals surface area contributed by atoms with E-state index in [2.05, 4.69) is 0 Å². The summed E-state index contributed by atoms with van der Waals surface area (Å²) in [6.45, 7) is 4.34. The van der Waals surface area contributed by atoms with Gasteiger partial charge in [0.1, 0.15) is 0 Å². The van der Waals surface area contributed by atoms with Crippen molar-refractivity contribution in [1.29, 1.82) is 0 Å². The van der Waals surface area contributed by atoms with Crippen LogP contribution in [0.15, 0.2) is 78.9 Å². The van der Waals surface area contributed by atoms with Crippen molar-refractivity contribution in [2.24, 2.45) is 5.92 Å². The van der Waals surface area contributed by atoms with Crippen molar-refractivity contribution in [3.05, 3.63) is 101 Å². The van der Waals surface area contributed by atoms with Gasteiger partial charge in [-0.2, -0.15) is 0 Å². The number of β-lactam (4-membered cyclic amide) rings is 2. The zero-order chi connectivity index (χ0) is 39.2. The summed E-state index contributed by atoms with van der Waals surface area (Å²) in [4.78, 5) is 82.3. The van der Waals surface area contributed by atoms with Gasteiger partial charge in [0.2, 0.25) is 17.7 Å². The van der Waals surface area contributed by atoms with E-state index in [1.54, 1.807) is 66.4 Å². The third kappa shape index (κ3) is 6.87. The first-order valence-corrected chi connectivity index (χ1v) is 18.2. The van der Waals surface area contributed by atoms with Crippen molar-refractivity contribution in [1.82, 2.24) is 4.90 Å². The minimum Gasteiger partial charge on any atom is -0.441 e. The number of aliphatic hydroxyl groups is 2. The highest BCUT2D eigenvalue weighted by Crippen LogP contribution is 2.48. The van der Waals surface area contributed by atoms with Gasteiger partial charge in [-0.25, -0.2) is 0 Å². The van der Waals surface area contributed by atoms with Crippen molar-refractivity contribution in [3.63, 3.8) is 0 Å². The van der Waals surface area contributed by atoms with Crippen molar-refractivity contribution in [2.45, 2.75) is 83.6 Å². The van der Waals surface area contributed by atoms with E-state index in [4.69, 9.17) is 9.47 Å². The average molecular weight is 751 g/mol. The summed E-state index contributed by atoms with van der Waals surface area (Å²) in [5.41, 5.74) is 1.99. The molecule has 14 heteroatoms. The van der Waals surface area contributed by atoms with Crippen LogP contribution in [0, 0.1) is 5.92 Å². The van der Waals surface area contributed by atoms with Crippen LogP contribution < -0.4 is 14.7 Å². The lowest BCUT2D eigenvalue weighted by atomic mass is 9.82. The number of carbonyl (C=O) groups excluding carboxylic acids is 6. The van der Waals surface area contributed by atoms with E-state index in [-0.39, 0.29) is 61.7 Å². The molecule has 0 saturated carbocycles. The second-order valence-electron chi connectivity index (χ2n) is 14.3. The fourth-order valence-corrected chi connectivity index (χ4v) is 7.87. The number of esters is 2. The molecule has 286 valence electrons. The van der Waals surface area contributed by atoms with Gasteiger partial charge < -0.3 is 29.5 Å². The van der Waals surface area contributed by atoms with Crippen molar-refractivity contribution in [3.8, 4) is 0 Å². The molecule has 0 bridgehead atoms. The van der Waals surface area contributed by atoms with E-state index in [9.17, 15) is 39.0 Å². The van der Waals surface area contributed by atoms with E-state index >= 15 is 0 Å². The number of nitrogens with zero attached hydrogens (tertiary/aromatic N) is 4. The first-order chi connectivity index (χ1) is 26.3. The number of amides is 4. The van der Waals surface area contributed by atoms with Gasteiger partial charge in [-0.1, -0.05) is 55.5 Å². The monoisotopic (exact) mass is 750 g/mol. The minimum atomic E-state index is -2.14. The van der Waals surface area contributed by atoms with Crippen LogP contribution in [0.5, 0.6) is 0 Å². The number of carbonyl (C=O) groups is 6. The maximum absolute atomic E-state index is 14.5. The molecule has 2 unspecified atom stereocenters. The minimum absolute atomic E-state index is 0.00574. The summed E-state index contributed by atoms with van der Waals surface area (Å²) >= 11 is 0. The predicted octanol–water partition coefficient (Wildman–Crippen LogP) is 3.20. The maximum atomic E-state index is 14.5. The van der Waals surface area contributed by atoms with E-state index in [0.717, 1.165) is 11.1 Å². The zero-order valence-electron chi connectivity index (χ0n) is 30.7. The molecule has 4 amide bonds. The van der Waals surface area contributed by atoms with E-state index in [1.165, 1.54) is 28.5 Å². The molecule has 55 heavy (non-hydrogen) atoms. The first-order valence-electron chi connectivity index (χ1n) is 18.2. The highest BCUT2D eigenvalue weighted by Gasteiger charge is 2.53. The van der Waals surface area contributed by atoms with Crippen LogP contribution in [-0.4, -0.2) is 75.8 Å². The van der Waals surface area contributed by atoms with Crippen molar-refractivity contribution < 1.29 is 48.5 Å². The first kappa shape index (κ1) is 37.5. The van der Waals surface area contributed by atoms with Crippen LogP contribution in [0.4, 0.5) is 17.1 Å². The Balaban J connectivity index is 1.17.